The van der Waals surface area contributed by atoms with Crippen molar-refractivity contribution < 1.29 is 19.8 Å². The summed E-state index contributed by atoms with van der Waals surface area (Å²) in [6.45, 7) is 1.52. The quantitative estimate of drug-likeness (QED) is 0.250. The molecule has 0 aromatic carbocycles. The number of carbonyl (C=O) groups excluding carboxylic acids is 2. The summed E-state index contributed by atoms with van der Waals surface area (Å²) in [6.07, 6.45) is 20.9. The molecule has 0 saturated carbocycles. The summed E-state index contributed by atoms with van der Waals surface area (Å²) in [5, 5.41) is 17.7. The average molecular weight is 350 g/mol. The van der Waals surface area contributed by atoms with Crippen LogP contribution in [0.25, 0.3) is 0 Å². The lowest BCUT2D eigenvalue weighted by Gasteiger charge is -2.03. The van der Waals surface area contributed by atoms with Crippen molar-refractivity contribution in [2.75, 3.05) is 6.61 Å². The molecule has 1 unspecified atom stereocenters. The lowest BCUT2D eigenvalue weighted by Crippen LogP contribution is -2.31. The first-order valence-electron chi connectivity index (χ1n) is 9.47. The van der Waals surface area contributed by atoms with E-state index in [-0.39, 0.29) is 6.42 Å². The number of aliphatic hydroxyl groups is 2. The summed E-state index contributed by atoms with van der Waals surface area (Å²) in [7, 11) is 0. The summed E-state index contributed by atoms with van der Waals surface area (Å²) in [4.78, 5) is 22.6. The van der Waals surface area contributed by atoms with E-state index >= 15 is 0 Å². The summed E-state index contributed by atoms with van der Waals surface area (Å²) in [5.74, 6) is -1.57. The molecule has 142 valence electrons. The van der Waals surface area contributed by atoms with E-state index in [1.807, 2.05) is 24.3 Å². The monoisotopic (exact) mass is 350 g/mol. The Morgan fingerprint density at radius 3 is 2.00 bits per heavy atom. The van der Waals surface area contributed by atoms with Crippen LogP contribution in [0.2, 0.25) is 0 Å². The Labute approximate surface area is 152 Å². The van der Waals surface area contributed by atoms with Gasteiger partial charge in [0.2, 0.25) is 11.6 Å². The lowest BCUT2D eigenvalue weighted by atomic mass is 10.1. The highest BCUT2D eigenvalue weighted by molar-refractivity contribution is 6.38. The molecule has 0 aromatic heterocycles. The van der Waals surface area contributed by atoms with Crippen molar-refractivity contribution in [1.82, 2.24) is 0 Å². The molecule has 25 heavy (non-hydrogen) atoms. The Morgan fingerprint density at radius 2 is 1.40 bits per heavy atom. The second-order valence-electron chi connectivity index (χ2n) is 6.18. The van der Waals surface area contributed by atoms with Crippen molar-refractivity contribution in [3.63, 3.8) is 0 Å². The van der Waals surface area contributed by atoms with E-state index in [4.69, 9.17) is 10.2 Å². The lowest BCUT2D eigenvalue weighted by molar-refractivity contribution is -0.142. The van der Waals surface area contributed by atoms with Crippen LogP contribution in [0.3, 0.4) is 0 Å². The van der Waals surface area contributed by atoms with Gasteiger partial charge in [-0.1, -0.05) is 81.9 Å². The molecule has 4 nitrogen and oxygen atoms in total. The molecular formula is C21H34O4. The number of hydrogen-bond acceptors (Lipinski definition) is 4. The topological polar surface area (TPSA) is 74.6 Å². The van der Waals surface area contributed by atoms with Crippen molar-refractivity contribution in [2.24, 2.45) is 0 Å². The summed E-state index contributed by atoms with van der Waals surface area (Å²) >= 11 is 0. The summed E-state index contributed by atoms with van der Waals surface area (Å²) in [5.41, 5.74) is 0. The van der Waals surface area contributed by atoms with Gasteiger partial charge < -0.3 is 10.2 Å². The fourth-order valence-electron chi connectivity index (χ4n) is 2.30. The standard InChI is InChI=1S/C21H34O4/c1-2-3-4-5-6-7-8-9-10-11-12-13-14-15-16-17-19(23)21(25)20(24)18-22/h10-15,20,22,24H,2-9,16-18H2,1H3. The normalized spacial score (nSPS) is 13.2. The van der Waals surface area contributed by atoms with Crippen LogP contribution < -0.4 is 0 Å². The van der Waals surface area contributed by atoms with E-state index in [1.165, 1.54) is 44.9 Å². The molecule has 1 atom stereocenters. The minimum absolute atomic E-state index is 0.0499. The molecule has 0 rings (SSSR count). The number of Topliss-reactive ketones (excluding diaryl/α,β-unsaturated/α-hetero) is 2. The molecule has 0 aliphatic heterocycles. The molecule has 0 aliphatic carbocycles. The first kappa shape index (κ1) is 23.5. The fourth-order valence-corrected chi connectivity index (χ4v) is 2.30. The summed E-state index contributed by atoms with van der Waals surface area (Å²) < 4.78 is 0. The molecule has 4 heteroatoms. The molecule has 0 aromatic rings. The zero-order valence-corrected chi connectivity index (χ0v) is 15.5. The van der Waals surface area contributed by atoms with Gasteiger partial charge in [0.15, 0.2) is 0 Å². The molecule has 0 saturated heterocycles. The van der Waals surface area contributed by atoms with Gasteiger partial charge in [0.05, 0.1) is 6.61 Å². The number of hydrogen-bond donors (Lipinski definition) is 2. The van der Waals surface area contributed by atoms with Gasteiger partial charge in [0.1, 0.15) is 6.10 Å². The van der Waals surface area contributed by atoms with Crippen LogP contribution in [0.15, 0.2) is 36.5 Å². The predicted octanol–water partition coefficient (Wildman–Crippen LogP) is 4.07. The number of unbranched alkanes of at least 4 members (excludes halogenated alkanes) is 7. The Balaban J connectivity index is 3.62. The molecule has 0 bridgehead atoms. The number of carbonyl (C=O) groups is 2. The maximum atomic E-state index is 11.4. The maximum absolute atomic E-state index is 11.4. The molecule has 0 fully saturated rings. The number of ketones is 2. The molecule has 0 heterocycles. The van der Waals surface area contributed by atoms with Gasteiger partial charge in [0.25, 0.3) is 0 Å². The molecule has 2 N–H and O–H groups in total. The van der Waals surface area contributed by atoms with E-state index < -0.39 is 24.3 Å². The van der Waals surface area contributed by atoms with Crippen molar-refractivity contribution in [1.29, 1.82) is 0 Å². The van der Waals surface area contributed by atoms with Crippen LogP contribution in [0.4, 0.5) is 0 Å². The largest absolute Gasteiger partial charge is 0.393 e. The smallest absolute Gasteiger partial charge is 0.229 e. The third kappa shape index (κ3) is 14.5. The maximum Gasteiger partial charge on any atom is 0.229 e. The molecular weight excluding hydrogens is 316 g/mol. The number of allylic oxidation sites excluding steroid dienone is 6. The summed E-state index contributed by atoms with van der Waals surface area (Å²) in [6, 6.07) is 0. The van der Waals surface area contributed by atoms with Gasteiger partial charge in [-0.15, -0.1) is 0 Å². The molecule has 0 amide bonds. The van der Waals surface area contributed by atoms with Crippen LogP contribution in [0.5, 0.6) is 0 Å². The Morgan fingerprint density at radius 1 is 0.840 bits per heavy atom. The van der Waals surface area contributed by atoms with Crippen LogP contribution in [0, 0.1) is 0 Å². The van der Waals surface area contributed by atoms with Gasteiger partial charge in [-0.2, -0.15) is 0 Å². The van der Waals surface area contributed by atoms with Crippen LogP contribution in [0.1, 0.15) is 71.1 Å². The van der Waals surface area contributed by atoms with E-state index in [9.17, 15) is 9.59 Å². The third-order valence-electron chi connectivity index (χ3n) is 3.87. The zero-order chi connectivity index (χ0) is 18.8. The Bertz CT molecular complexity index is 435. The predicted molar refractivity (Wildman–Crippen MR) is 102 cm³/mol. The number of aliphatic hydroxyl groups excluding tert-OH is 2. The SMILES string of the molecule is CCCCCCCCCC=CC=CC=CCCC(=O)C(=O)C(O)CO. The highest BCUT2D eigenvalue weighted by Crippen LogP contribution is 2.08. The zero-order valence-electron chi connectivity index (χ0n) is 15.5. The second-order valence-corrected chi connectivity index (χ2v) is 6.18. The Kier molecular flexibility index (Phi) is 16.3. The van der Waals surface area contributed by atoms with E-state index in [1.54, 1.807) is 6.08 Å². The Hall–Kier alpha value is -1.52. The van der Waals surface area contributed by atoms with Crippen LogP contribution >= 0.6 is 0 Å². The van der Waals surface area contributed by atoms with Crippen LogP contribution in [-0.4, -0.2) is 34.5 Å². The molecule has 0 spiro atoms. The van der Waals surface area contributed by atoms with Crippen molar-refractivity contribution in [3.8, 4) is 0 Å². The fraction of sp³-hybridized carbons (Fsp3) is 0.619. The van der Waals surface area contributed by atoms with Gasteiger partial charge >= 0.3 is 0 Å². The van der Waals surface area contributed by atoms with Gasteiger partial charge in [-0.25, -0.2) is 0 Å². The van der Waals surface area contributed by atoms with Gasteiger partial charge in [-0.05, 0) is 19.3 Å². The van der Waals surface area contributed by atoms with Crippen molar-refractivity contribution >= 4 is 11.6 Å². The van der Waals surface area contributed by atoms with Crippen molar-refractivity contribution in [3.05, 3.63) is 36.5 Å². The molecule has 0 aliphatic rings. The van der Waals surface area contributed by atoms with Gasteiger partial charge in [0, 0.05) is 6.42 Å². The van der Waals surface area contributed by atoms with Crippen LogP contribution in [-0.2, 0) is 9.59 Å². The van der Waals surface area contributed by atoms with E-state index in [0.717, 1.165) is 6.42 Å². The van der Waals surface area contributed by atoms with Gasteiger partial charge in [-0.3, -0.25) is 9.59 Å². The third-order valence-corrected chi connectivity index (χ3v) is 3.87. The van der Waals surface area contributed by atoms with E-state index in [0.29, 0.717) is 6.42 Å². The second kappa shape index (κ2) is 17.3. The highest BCUT2D eigenvalue weighted by atomic mass is 16.3. The highest BCUT2D eigenvalue weighted by Gasteiger charge is 2.20. The minimum atomic E-state index is -1.59. The number of rotatable bonds is 16. The first-order valence-corrected chi connectivity index (χ1v) is 9.47. The average Bonchev–Trinajstić information content (AvgIpc) is 2.63. The van der Waals surface area contributed by atoms with Crippen molar-refractivity contribution in [2.45, 2.75) is 77.2 Å². The molecule has 0 radical (unpaired) electrons. The minimum Gasteiger partial charge on any atom is -0.393 e. The van der Waals surface area contributed by atoms with E-state index in [2.05, 4.69) is 13.0 Å². The first-order chi connectivity index (χ1) is 12.1.